The molecule has 0 fully saturated rings. The van der Waals surface area contributed by atoms with E-state index < -0.39 is 0 Å². The zero-order valence-electron chi connectivity index (χ0n) is 15.5. The Balaban J connectivity index is 1.69. The zero-order chi connectivity index (χ0) is 18.5. The fraction of sp³-hybridized carbons (Fsp3) is 0.421. The van der Waals surface area contributed by atoms with Crippen molar-refractivity contribution in [3.63, 3.8) is 0 Å². The Hall–Kier alpha value is -2.67. The monoisotopic (exact) mass is 355 g/mol. The molecule has 1 N–H and O–H groups in total. The van der Waals surface area contributed by atoms with E-state index in [1.165, 1.54) is 18.2 Å². The van der Waals surface area contributed by atoms with E-state index in [1.54, 1.807) is 6.20 Å². The van der Waals surface area contributed by atoms with Gasteiger partial charge in [0.2, 0.25) is 5.95 Å². The molecule has 0 bridgehead atoms. The van der Waals surface area contributed by atoms with Crippen molar-refractivity contribution in [2.24, 2.45) is 0 Å². The molecule has 0 unspecified atom stereocenters. The van der Waals surface area contributed by atoms with Gasteiger partial charge in [-0.15, -0.1) is 0 Å². The average molecular weight is 355 g/mol. The van der Waals surface area contributed by atoms with Crippen molar-refractivity contribution in [3.8, 4) is 0 Å². The van der Waals surface area contributed by atoms with E-state index in [4.69, 9.17) is 4.74 Å². The third-order valence-corrected chi connectivity index (χ3v) is 4.45. The maximum Gasteiger partial charge on any atom is 0.337 e. The van der Waals surface area contributed by atoms with Crippen molar-refractivity contribution < 1.29 is 9.53 Å². The van der Waals surface area contributed by atoms with Crippen molar-refractivity contribution in [2.45, 2.75) is 13.0 Å². The van der Waals surface area contributed by atoms with Crippen molar-refractivity contribution in [2.75, 3.05) is 51.1 Å². The molecule has 138 valence electrons. The van der Waals surface area contributed by atoms with E-state index in [1.807, 2.05) is 38.4 Å². The molecule has 7 nitrogen and oxygen atoms in total. The molecule has 7 heteroatoms. The highest BCUT2D eigenvalue weighted by molar-refractivity contribution is 5.89. The Bertz CT molecular complexity index is 778. The molecule has 0 saturated heterocycles. The summed E-state index contributed by atoms with van der Waals surface area (Å²) in [7, 11) is 5.48. The third-order valence-electron chi connectivity index (χ3n) is 4.45. The highest BCUT2D eigenvalue weighted by Crippen LogP contribution is 2.24. The SMILES string of the molecule is COC(=O)c1ccc2c(c1)CCN(c1ccnc(NCCN(C)C)n1)C2. The summed E-state index contributed by atoms with van der Waals surface area (Å²) in [6.07, 6.45) is 2.66. The van der Waals surface area contributed by atoms with Gasteiger partial charge in [-0.2, -0.15) is 4.98 Å². The molecular formula is C19H25N5O2. The topological polar surface area (TPSA) is 70.6 Å². The van der Waals surface area contributed by atoms with E-state index in [0.717, 1.165) is 38.4 Å². The standard InChI is InChI=1S/C19H25N5O2/c1-23(2)11-9-21-19-20-8-6-17(22-19)24-10-7-14-12-15(18(25)26-3)4-5-16(14)13-24/h4-6,8,12H,7,9-11,13H2,1-3H3,(H,20,21,22). The number of carbonyl (C=O) groups excluding carboxylic acids is 1. The molecule has 0 aliphatic carbocycles. The molecule has 26 heavy (non-hydrogen) atoms. The number of ether oxygens (including phenoxy) is 1. The predicted octanol–water partition coefficient (Wildman–Crippen LogP) is 1.80. The van der Waals surface area contributed by atoms with Crippen LogP contribution < -0.4 is 10.2 Å². The lowest BCUT2D eigenvalue weighted by Crippen LogP contribution is -2.31. The Morgan fingerprint density at radius 2 is 2.15 bits per heavy atom. The quantitative estimate of drug-likeness (QED) is 0.792. The number of fused-ring (bicyclic) bond motifs is 1. The van der Waals surface area contributed by atoms with Gasteiger partial charge in [0.25, 0.3) is 0 Å². The number of methoxy groups -OCH3 is 1. The van der Waals surface area contributed by atoms with Crippen LogP contribution in [0.5, 0.6) is 0 Å². The van der Waals surface area contributed by atoms with Crippen LogP contribution >= 0.6 is 0 Å². The smallest absolute Gasteiger partial charge is 0.337 e. The number of hydrogen-bond donors (Lipinski definition) is 1. The highest BCUT2D eigenvalue weighted by Gasteiger charge is 2.19. The van der Waals surface area contributed by atoms with Gasteiger partial charge >= 0.3 is 5.97 Å². The number of benzene rings is 1. The molecule has 0 amide bonds. The fourth-order valence-electron chi connectivity index (χ4n) is 3.00. The number of rotatable bonds is 6. The van der Waals surface area contributed by atoms with Gasteiger partial charge in [0.15, 0.2) is 0 Å². The Labute approximate surface area is 154 Å². The van der Waals surface area contributed by atoms with Crippen molar-refractivity contribution in [1.82, 2.24) is 14.9 Å². The van der Waals surface area contributed by atoms with E-state index in [-0.39, 0.29) is 5.97 Å². The van der Waals surface area contributed by atoms with Gasteiger partial charge in [-0.1, -0.05) is 6.07 Å². The average Bonchev–Trinajstić information content (AvgIpc) is 2.66. The maximum absolute atomic E-state index is 11.7. The number of nitrogens with one attached hydrogen (secondary N) is 1. The lowest BCUT2D eigenvalue weighted by atomic mass is 9.97. The maximum atomic E-state index is 11.7. The first kappa shape index (κ1) is 18.1. The van der Waals surface area contributed by atoms with Gasteiger partial charge < -0.3 is 19.9 Å². The lowest BCUT2D eigenvalue weighted by Gasteiger charge is -2.30. The molecule has 0 atom stereocenters. The van der Waals surface area contributed by atoms with Gasteiger partial charge in [-0.25, -0.2) is 9.78 Å². The molecule has 2 aromatic rings. The zero-order valence-corrected chi connectivity index (χ0v) is 15.5. The first-order valence-corrected chi connectivity index (χ1v) is 8.73. The predicted molar refractivity (Wildman–Crippen MR) is 102 cm³/mol. The van der Waals surface area contributed by atoms with Crippen LogP contribution in [-0.4, -0.2) is 61.7 Å². The molecule has 3 rings (SSSR count). The number of nitrogens with zero attached hydrogens (tertiary/aromatic N) is 4. The second-order valence-electron chi connectivity index (χ2n) is 6.62. The van der Waals surface area contributed by atoms with Crippen molar-refractivity contribution in [1.29, 1.82) is 0 Å². The Morgan fingerprint density at radius 3 is 2.92 bits per heavy atom. The second-order valence-corrected chi connectivity index (χ2v) is 6.62. The highest BCUT2D eigenvalue weighted by atomic mass is 16.5. The Kier molecular flexibility index (Phi) is 5.68. The third kappa shape index (κ3) is 4.29. The largest absolute Gasteiger partial charge is 0.465 e. The number of hydrogen-bond acceptors (Lipinski definition) is 7. The summed E-state index contributed by atoms with van der Waals surface area (Å²) in [6.45, 7) is 3.35. The molecule has 2 heterocycles. The number of likely N-dealkylation sites (N-methyl/N-ethyl adjacent to an activating group) is 1. The van der Waals surface area contributed by atoms with E-state index >= 15 is 0 Å². The second kappa shape index (κ2) is 8.14. The summed E-state index contributed by atoms with van der Waals surface area (Å²) in [6, 6.07) is 7.70. The van der Waals surface area contributed by atoms with Crippen LogP contribution in [0.3, 0.4) is 0 Å². The van der Waals surface area contributed by atoms with Gasteiger partial charge in [0.05, 0.1) is 12.7 Å². The van der Waals surface area contributed by atoms with Crippen molar-refractivity contribution >= 4 is 17.7 Å². The summed E-state index contributed by atoms with van der Waals surface area (Å²) < 4.78 is 4.80. The molecule has 0 spiro atoms. The molecule has 1 aromatic heterocycles. The normalized spacial score (nSPS) is 13.5. The summed E-state index contributed by atoms with van der Waals surface area (Å²) in [5.41, 5.74) is 3.02. The minimum atomic E-state index is -0.292. The summed E-state index contributed by atoms with van der Waals surface area (Å²) in [5, 5.41) is 3.26. The molecule has 0 radical (unpaired) electrons. The van der Waals surface area contributed by atoms with E-state index in [2.05, 4.69) is 25.1 Å². The van der Waals surface area contributed by atoms with Crippen LogP contribution in [0.25, 0.3) is 0 Å². The molecule has 1 aliphatic rings. The minimum Gasteiger partial charge on any atom is -0.465 e. The van der Waals surface area contributed by atoms with E-state index in [0.29, 0.717) is 11.5 Å². The van der Waals surface area contributed by atoms with Gasteiger partial charge in [0, 0.05) is 32.4 Å². The van der Waals surface area contributed by atoms with Crippen LogP contribution in [0.2, 0.25) is 0 Å². The van der Waals surface area contributed by atoms with Crippen LogP contribution in [0.1, 0.15) is 21.5 Å². The van der Waals surface area contributed by atoms with Crippen molar-refractivity contribution in [3.05, 3.63) is 47.2 Å². The Morgan fingerprint density at radius 1 is 1.31 bits per heavy atom. The van der Waals surface area contributed by atoms with Gasteiger partial charge in [-0.05, 0) is 49.8 Å². The van der Waals surface area contributed by atoms with Crippen LogP contribution in [0, 0.1) is 0 Å². The number of aromatic nitrogens is 2. The molecular weight excluding hydrogens is 330 g/mol. The first-order valence-electron chi connectivity index (χ1n) is 8.73. The summed E-state index contributed by atoms with van der Waals surface area (Å²) >= 11 is 0. The number of anilines is 2. The number of esters is 1. The summed E-state index contributed by atoms with van der Waals surface area (Å²) in [5.74, 6) is 1.27. The lowest BCUT2D eigenvalue weighted by molar-refractivity contribution is 0.0600. The van der Waals surface area contributed by atoms with Crippen LogP contribution in [0.15, 0.2) is 30.5 Å². The molecule has 0 saturated carbocycles. The van der Waals surface area contributed by atoms with Crippen LogP contribution in [0.4, 0.5) is 11.8 Å². The van der Waals surface area contributed by atoms with Gasteiger partial charge in [0.1, 0.15) is 5.82 Å². The minimum absolute atomic E-state index is 0.292. The fourth-order valence-corrected chi connectivity index (χ4v) is 3.00. The first-order chi connectivity index (χ1) is 12.6. The van der Waals surface area contributed by atoms with Crippen LogP contribution in [-0.2, 0) is 17.7 Å². The van der Waals surface area contributed by atoms with E-state index in [9.17, 15) is 4.79 Å². The summed E-state index contributed by atoms with van der Waals surface area (Å²) in [4.78, 5) is 25.0. The molecule has 1 aliphatic heterocycles. The van der Waals surface area contributed by atoms with Gasteiger partial charge in [-0.3, -0.25) is 0 Å². The molecule has 1 aromatic carbocycles. The number of carbonyl (C=O) groups is 1.